The quantitative estimate of drug-likeness (QED) is 0.212. The van der Waals surface area contributed by atoms with Crippen molar-refractivity contribution in [2.75, 3.05) is 0 Å². The first kappa shape index (κ1) is 25.2. The van der Waals surface area contributed by atoms with Crippen LogP contribution in [0.15, 0.2) is 159 Å². The van der Waals surface area contributed by atoms with Crippen LogP contribution in [0.4, 0.5) is 0 Å². The van der Waals surface area contributed by atoms with Crippen LogP contribution in [-0.2, 0) is 0 Å². The summed E-state index contributed by atoms with van der Waals surface area (Å²) in [7, 11) is 0. The Morgan fingerprint density at radius 2 is 0.548 bits per heavy atom. The van der Waals surface area contributed by atoms with Crippen LogP contribution in [0, 0.1) is 0 Å². The van der Waals surface area contributed by atoms with Crippen LogP contribution in [-0.4, -0.2) is 19.9 Å². The summed E-state index contributed by atoms with van der Waals surface area (Å²) in [6, 6.07) is 38.3. The summed E-state index contributed by atoms with van der Waals surface area (Å²) < 4.78 is 0. The van der Waals surface area contributed by atoms with E-state index in [1.165, 1.54) is 0 Å². The first-order valence-electron chi connectivity index (χ1n) is 13.8. The minimum Gasteiger partial charge on any atom is -0.264 e. The van der Waals surface area contributed by atoms with Crippen LogP contribution in [0.3, 0.4) is 0 Å². The second-order valence-corrected chi connectivity index (χ2v) is 10.1. The Labute approximate surface area is 245 Å². The molecular formula is C38H26N4. The van der Waals surface area contributed by atoms with Crippen LogP contribution < -0.4 is 0 Å². The van der Waals surface area contributed by atoms with E-state index in [0.29, 0.717) is 0 Å². The van der Waals surface area contributed by atoms with Crippen molar-refractivity contribution in [1.29, 1.82) is 0 Å². The maximum atomic E-state index is 4.39. The van der Waals surface area contributed by atoms with Crippen molar-refractivity contribution in [3.05, 3.63) is 159 Å². The molecule has 0 radical (unpaired) electrons. The summed E-state index contributed by atoms with van der Waals surface area (Å²) in [4.78, 5) is 17.5. The van der Waals surface area contributed by atoms with Gasteiger partial charge in [-0.3, -0.25) is 19.9 Å². The second-order valence-electron chi connectivity index (χ2n) is 10.1. The average Bonchev–Trinajstić information content (AvgIpc) is 3.09. The molecule has 42 heavy (non-hydrogen) atoms. The van der Waals surface area contributed by atoms with Gasteiger partial charge >= 0.3 is 0 Å². The van der Waals surface area contributed by atoms with Crippen LogP contribution >= 0.6 is 0 Å². The predicted molar refractivity (Wildman–Crippen MR) is 170 cm³/mol. The van der Waals surface area contributed by atoms with Gasteiger partial charge in [-0.15, -0.1) is 0 Å². The molecule has 0 aliphatic carbocycles. The second kappa shape index (κ2) is 11.4. The van der Waals surface area contributed by atoms with Crippen LogP contribution in [0.2, 0.25) is 0 Å². The highest BCUT2D eigenvalue weighted by Gasteiger charge is 2.14. The lowest BCUT2D eigenvalue weighted by atomic mass is 9.88. The van der Waals surface area contributed by atoms with Crippen molar-refractivity contribution in [1.82, 2.24) is 19.9 Å². The van der Waals surface area contributed by atoms with Gasteiger partial charge < -0.3 is 0 Å². The van der Waals surface area contributed by atoms with Crippen molar-refractivity contribution in [2.45, 2.75) is 0 Å². The van der Waals surface area contributed by atoms with Gasteiger partial charge in [0.1, 0.15) is 0 Å². The first-order valence-corrected chi connectivity index (χ1v) is 13.8. The molecule has 7 aromatic rings. The zero-order valence-electron chi connectivity index (χ0n) is 22.8. The zero-order valence-corrected chi connectivity index (χ0v) is 22.8. The molecule has 4 heteroatoms. The van der Waals surface area contributed by atoms with Crippen molar-refractivity contribution in [3.63, 3.8) is 0 Å². The van der Waals surface area contributed by atoms with Gasteiger partial charge in [0.2, 0.25) is 0 Å². The van der Waals surface area contributed by atoms with E-state index in [4.69, 9.17) is 0 Å². The van der Waals surface area contributed by atoms with E-state index in [1.54, 1.807) is 24.8 Å². The third-order valence-electron chi connectivity index (χ3n) is 7.39. The van der Waals surface area contributed by atoms with E-state index < -0.39 is 0 Å². The predicted octanol–water partition coefficient (Wildman–Crippen LogP) is 9.27. The Bertz CT molecular complexity index is 1700. The van der Waals surface area contributed by atoms with E-state index in [1.807, 2.05) is 49.1 Å². The third-order valence-corrected chi connectivity index (χ3v) is 7.39. The summed E-state index contributed by atoms with van der Waals surface area (Å²) in [5.41, 5.74) is 13.2. The molecule has 0 bridgehead atoms. The van der Waals surface area contributed by atoms with Gasteiger partial charge in [0.15, 0.2) is 0 Å². The molecule has 0 spiro atoms. The van der Waals surface area contributed by atoms with Gasteiger partial charge in [0.05, 0.1) is 0 Å². The third kappa shape index (κ3) is 5.21. The van der Waals surface area contributed by atoms with E-state index in [2.05, 4.69) is 105 Å². The van der Waals surface area contributed by atoms with E-state index in [-0.39, 0.29) is 0 Å². The Morgan fingerprint density at radius 3 is 0.810 bits per heavy atom. The molecule has 0 amide bonds. The van der Waals surface area contributed by atoms with Gasteiger partial charge in [-0.05, 0) is 105 Å². The Hall–Kier alpha value is -5.74. The molecule has 0 aliphatic rings. The highest BCUT2D eigenvalue weighted by atomic mass is 14.6. The zero-order chi connectivity index (χ0) is 28.1. The minimum absolute atomic E-state index is 1.07. The molecule has 0 N–H and O–H groups in total. The normalized spacial score (nSPS) is 10.9. The SMILES string of the molecule is c1cncc(-c2cc(-c3cccnc3)cc(-c3ccccc3-c3cc(-c4cccnc4)cc(-c4cccnc4)c3)c2)c1. The molecule has 0 atom stereocenters. The molecule has 0 fully saturated rings. The summed E-state index contributed by atoms with van der Waals surface area (Å²) in [5, 5.41) is 0. The van der Waals surface area contributed by atoms with Crippen molar-refractivity contribution in [2.24, 2.45) is 0 Å². The van der Waals surface area contributed by atoms with Gasteiger partial charge in [-0.1, -0.05) is 48.5 Å². The molecule has 3 aromatic carbocycles. The van der Waals surface area contributed by atoms with Crippen LogP contribution in [0.5, 0.6) is 0 Å². The van der Waals surface area contributed by atoms with Crippen LogP contribution in [0.1, 0.15) is 0 Å². The standard InChI is InChI=1S/C38H26N4/c1-2-12-38(36-21-33(29-9-5-15-41-25-29)18-34(22-36)30-10-6-16-42-26-30)37(11-1)35-19-31(27-7-3-13-39-23-27)17-32(20-35)28-8-4-14-40-24-28/h1-26H. The van der Waals surface area contributed by atoms with Crippen molar-refractivity contribution in [3.8, 4) is 66.8 Å². The molecule has 0 saturated heterocycles. The average molecular weight is 539 g/mol. The number of aromatic nitrogens is 4. The smallest absolute Gasteiger partial charge is 0.0346 e. The number of hydrogen-bond donors (Lipinski definition) is 0. The molecule has 4 aromatic heterocycles. The molecule has 0 saturated carbocycles. The highest BCUT2D eigenvalue weighted by Crippen LogP contribution is 2.39. The van der Waals surface area contributed by atoms with Gasteiger partial charge in [0, 0.05) is 71.8 Å². The topological polar surface area (TPSA) is 51.6 Å². The fraction of sp³-hybridized carbons (Fsp3) is 0. The highest BCUT2D eigenvalue weighted by molar-refractivity contribution is 5.91. The van der Waals surface area contributed by atoms with E-state index in [0.717, 1.165) is 66.8 Å². The lowest BCUT2D eigenvalue weighted by Gasteiger charge is -2.16. The minimum atomic E-state index is 1.07. The lowest BCUT2D eigenvalue weighted by Crippen LogP contribution is -1.91. The maximum Gasteiger partial charge on any atom is 0.0346 e. The number of rotatable bonds is 6. The van der Waals surface area contributed by atoms with E-state index in [9.17, 15) is 0 Å². The van der Waals surface area contributed by atoms with Gasteiger partial charge in [-0.2, -0.15) is 0 Å². The molecule has 4 nitrogen and oxygen atoms in total. The molecule has 0 aliphatic heterocycles. The number of nitrogens with zero attached hydrogens (tertiary/aromatic N) is 4. The lowest BCUT2D eigenvalue weighted by molar-refractivity contribution is 1.32. The Morgan fingerprint density at radius 1 is 0.262 bits per heavy atom. The molecule has 198 valence electrons. The summed E-state index contributed by atoms with van der Waals surface area (Å²) in [6.45, 7) is 0. The summed E-state index contributed by atoms with van der Waals surface area (Å²) in [5.74, 6) is 0. The van der Waals surface area contributed by atoms with Crippen molar-refractivity contribution >= 4 is 0 Å². The fourth-order valence-electron chi connectivity index (χ4n) is 5.35. The molecule has 4 heterocycles. The number of hydrogen-bond acceptors (Lipinski definition) is 4. The van der Waals surface area contributed by atoms with Gasteiger partial charge in [-0.25, -0.2) is 0 Å². The van der Waals surface area contributed by atoms with Gasteiger partial charge in [0.25, 0.3) is 0 Å². The summed E-state index contributed by atoms with van der Waals surface area (Å²) >= 11 is 0. The van der Waals surface area contributed by atoms with Crippen molar-refractivity contribution < 1.29 is 0 Å². The first-order chi connectivity index (χ1) is 20.8. The summed E-state index contributed by atoms with van der Waals surface area (Å²) in [6.07, 6.45) is 14.9. The Balaban J connectivity index is 1.44. The van der Waals surface area contributed by atoms with Crippen LogP contribution in [0.25, 0.3) is 66.8 Å². The van der Waals surface area contributed by atoms with E-state index >= 15 is 0 Å². The number of pyridine rings is 4. The Kier molecular flexibility index (Phi) is 6.85. The monoisotopic (exact) mass is 538 g/mol. The molecule has 7 rings (SSSR count). The maximum absolute atomic E-state index is 4.39. The molecule has 0 unspecified atom stereocenters. The number of benzene rings is 3. The fourth-order valence-corrected chi connectivity index (χ4v) is 5.35. The largest absolute Gasteiger partial charge is 0.264 e. The molecular weight excluding hydrogens is 512 g/mol.